The molecule has 2 heterocycles. The first kappa shape index (κ1) is 25.3. The minimum atomic E-state index is -0.737. The smallest absolute Gasteiger partial charge is 0.227 e. The zero-order chi connectivity index (χ0) is 26.2. The van der Waals surface area contributed by atoms with Gasteiger partial charge >= 0.3 is 0 Å². The molecule has 1 aromatic heterocycles. The number of nitrogens with one attached hydrogen (secondary N) is 2. The van der Waals surface area contributed by atoms with Crippen molar-refractivity contribution in [2.24, 2.45) is 0 Å². The SMILES string of the molecule is CCC(C)N1CC(C)(C)Oc2c(F)cc(-c3nc(Nc4ccc(NC(C)=O)c(F)c4)ncc3F)cc21. The summed E-state index contributed by atoms with van der Waals surface area (Å²) < 4.78 is 50.3. The van der Waals surface area contributed by atoms with Crippen LogP contribution in [0.4, 0.5) is 36.2 Å². The Balaban J connectivity index is 1.70. The van der Waals surface area contributed by atoms with Crippen LogP contribution in [-0.4, -0.2) is 34.1 Å². The number of hydrogen-bond acceptors (Lipinski definition) is 6. The Bertz CT molecular complexity index is 1310. The van der Waals surface area contributed by atoms with E-state index in [1.807, 2.05) is 27.7 Å². The molecule has 2 aromatic carbocycles. The van der Waals surface area contributed by atoms with E-state index in [4.69, 9.17) is 4.74 Å². The molecule has 1 atom stereocenters. The molecule has 1 aliphatic rings. The molecular formula is C26H28F3N5O2. The van der Waals surface area contributed by atoms with Gasteiger partial charge in [0, 0.05) is 24.2 Å². The molecule has 0 aliphatic carbocycles. The zero-order valence-corrected chi connectivity index (χ0v) is 20.7. The van der Waals surface area contributed by atoms with Crippen molar-refractivity contribution in [2.75, 3.05) is 22.1 Å². The second-order valence-electron chi connectivity index (χ2n) is 9.44. The van der Waals surface area contributed by atoms with Crippen LogP contribution in [-0.2, 0) is 4.79 Å². The maximum absolute atomic E-state index is 15.2. The van der Waals surface area contributed by atoms with Crippen LogP contribution in [0.5, 0.6) is 5.75 Å². The highest BCUT2D eigenvalue weighted by Crippen LogP contribution is 2.43. The Labute approximate surface area is 207 Å². The maximum atomic E-state index is 15.2. The van der Waals surface area contributed by atoms with Gasteiger partial charge in [0.1, 0.15) is 17.1 Å². The lowest BCUT2D eigenvalue weighted by Gasteiger charge is -2.44. The first-order valence-electron chi connectivity index (χ1n) is 11.6. The average molecular weight is 500 g/mol. The van der Waals surface area contributed by atoms with Crippen molar-refractivity contribution in [2.45, 2.75) is 52.7 Å². The summed E-state index contributed by atoms with van der Waals surface area (Å²) in [6.07, 6.45) is 1.80. The molecule has 0 saturated carbocycles. The number of fused-ring (bicyclic) bond motifs is 1. The molecule has 0 radical (unpaired) electrons. The number of carbonyl (C=O) groups excluding carboxylic acids is 1. The van der Waals surface area contributed by atoms with E-state index in [1.54, 1.807) is 6.07 Å². The van der Waals surface area contributed by atoms with Crippen molar-refractivity contribution in [3.63, 3.8) is 0 Å². The molecular weight excluding hydrogens is 471 g/mol. The van der Waals surface area contributed by atoms with Crippen molar-refractivity contribution in [1.82, 2.24) is 9.97 Å². The Hall–Kier alpha value is -3.82. The minimum absolute atomic E-state index is 0.00706. The third-order valence-corrected chi connectivity index (χ3v) is 5.94. The fourth-order valence-electron chi connectivity index (χ4n) is 4.09. The van der Waals surface area contributed by atoms with Crippen molar-refractivity contribution >= 4 is 28.9 Å². The Morgan fingerprint density at radius 1 is 1.17 bits per heavy atom. The quantitative estimate of drug-likeness (QED) is 0.431. The van der Waals surface area contributed by atoms with Gasteiger partial charge < -0.3 is 20.3 Å². The molecule has 1 amide bonds. The number of anilines is 4. The van der Waals surface area contributed by atoms with E-state index in [2.05, 4.69) is 25.5 Å². The van der Waals surface area contributed by atoms with Crippen LogP contribution in [0, 0.1) is 17.5 Å². The molecule has 0 saturated heterocycles. The van der Waals surface area contributed by atoms with Crippen molar-refractivity contribution in [1.29, 1.82) is 0 Å². The van der Waals surface area contributed by atoms with Crippen LogP contribution >= 0.6 is 0 Å². The fraction of sp³-hybridized carbons (Fsp3) is 0.346. The van der Waals surface area contributed by atoms with Crippen LogP contribution in [0.15, 0.2) is 36.5 Å². The summed E-state index contributed by atoms with van der Waals surface area (Å²) in [7, 11) is 0. The van der Waals surface area contributed by atoms with E-state index in [9.17, 15) is 13.6 Å². The highest BCUT2D eigenvalue weighted by atomic mass is 19.1. The van der Waals surface area contributed by atoms with Gasteiger partial charge in [-0.25, -0.2) is 23.1 Å². The van der Waals surface area contributed by atoms with Gasteiger partial charge in [0.05, 0.1) is 24.1 Å². The molecule has 4 rings (SSSR count). The first-order chi connectivity index (χ1) is 17.0. The third-order valence-electron chi connectivity index (χ3n) is 5.94. The van der Waals surface area contributed by atoms with E-state index >= 15 is 4.39 Å². The second-order valence-corrected chi connectivity index (χ2v) is 9.44. The number of rotatable bonds is 6. The monoisotopic (exact) mass is 499 g/mol. The number of nitrogens with zero attached hydrogens (tertiary/aromatic N) is 3. The number of amides is 1. The number of halogens is 3. The van der Waals surface area contributed by atoms with E-state index in [0.717, 1.165) is 18.7 Å². The average Bonchev–Trinajstić information content (AvgIpc) is 2.81. The fourth-order valence-corrected chi connectivity index (χ4v) is 4.09. The molecule has 36 heavy (non-hydrogen) atoms. The summed E-state index contributed by atoms with van der Waals surface area (Å²) in [4.78, 5) is 21.4. The maximum Gasteiger partial charge on any atom is 0.227 e. The molecule has 0 bridgehead atoms. The van der Waals surface area contributed by atoms with Crippen LogP contribution in [0.3, 0.4) is 0 Å². The normalized spacial score (nSPS) is 15.1. The van der Waals surface area contributed by atoms with Crippen molar-refractivity contribution in [3.05, 3.63) is 54.0 Å². The van der Waals surface area contributed by atoms with Crippen LogP contribution in [0.2, 0.25) is 0 Å². The molecule has 2 N–H and O–H groups in total. The topological polar surface area (TPSA) is 79.4 Å². The highest BCUT2D eigenvalue weighted by molar-refractivity contribution is 5.89. The first-order valence-corrected chi connectivity index (χ1v) is 11.6. The molecule has 1 unspecified atom stereocenters. The van der Waals surface area contributed by atoms with Gasteiger partial charge in [-0.15, -0.1) is 0 Å². The summed E-state index contributed by atoms with van der Waals surface area (Å²) in [5.41, 5.74) is 0.350. The van der Waals surface area contributed by atoms with Gasteiger partial charge in [-0.2, -0.15) is 0 Å². The predicted octanol–water partition coefficient (Wildman–Crippen LogP) is 6.04. The molecule has 0 fully saturated rings. The number of carbonyl (C=O) groups is 1. The summed E-state index contributed by atoms with van der Waals surface area (Å²) in [6, 6.07) is 7.00. The van der Waals surface area contributed by atoms with E-state index in [1.165, 1.54) is 25.1 Å². The van der Waals surface area contributed by atoms with Crippen molar-refractivity contribution in [3.8, 4) is 17.0 Å². The lowest BCUT2D eigenvalue weighted by Crippen LogP contribution is -2.50. The predicted molar refractivity (Wildman–Crippen MR) is 133 cm³/mol. The molecule has 190 valence electrons. The van der Waals surface area contributed by atoms with Gasteiger partial charge in [-0.1, -0.05) is 6.92 Å². The molecule has 10 heteroatoms. The van der Waals surface area contributed by atoms with Crippen LogP contribution in [0.25, 0.3) is 11.3 Å². The van der Waals surface area contributed by atoms with E-state index in [-0.39, 0.29) is 40.4 Å². The van der Waals surface area contributed by atoms with Gasteiger partial charge in [0.15, 0.2) is 17.4 Å². The lowest BCUT2D eigenvalue weighted by atomic mass is 10.00. The largest absolute Gasteiger partial charge is 0.481 e. The van der Waals surface area contributed by atoms with Gasteiger partial charge in [-0.05, 0) is 57.5 Å². The van der Waals surface area contributed by atoms with Gasteiger partial charge in [-0.3, -0.25) is 4.79 Å². The zero-order valence-electron chi connectivity index (χ0n) is 20.7. The van der Waals surface area contributed by atoms with Gasteiger partial charge in [0.25, 0.3) is 0 Å². The van der Waals surface area contributed by atoms with Crippen LogP contribution < -0.4 is 20.3 Å². The summed E-state index contributed by atoms with van der Waals surface area (Å²) in [6.45, 7) is 9.69. The van der Waals surface area contributed by atoms with E-state index < -0.39 is 29.0 Å². The lowest BCUT2D eigenvalue weighted by molar-refractivity contribution is -0.114. The summed E-state index contributed by atoms with van der Waals surface area (Å²) in [5, 5.41) is 5.20. The third kappa shape index (κ3) is 5.22. The Morgan fingerprint density at radius 3 is 2.58 bits per heavy atom. The van der Waals surface area contributed by atoms with Gasteiger partial charge in [0.2, 0.25) is 11.9 Å². The molecule has 7 nitrogen and oxygen atoms in total. The van der Waals surface area contributed by atoms with Crippen molar-refractivity contribution < 1.29 is 22.7 Å². The highest BCUT2D eigenvalue weighted by Gasteiger charge is 2.36. The number of hydrogen-bond donors (Lipinski definition) is 2. The number of aromatic nitrogens is 2. The molecule has 0 spiro atoms. The number of ether oxygens (including phenoxy) is 1. The summed E-state index contributed by atoms with van der Waals surface area (Å²) >= 11 is 0. The second kappa shape index (κ2) is 9.67. The molecule has 1 aliphatic heterocycles. The Kier molecular flexibility index (Phi) is 6.79. The summed E-state index contributed by atoms with van der Waals surface area (Å²) in [5.74, 6) is -2.31. The minimum Gasteiger partial charge on any atom is -0.481 e. The van der Waals surface area contributed by atoms with E-state index in [0.29, 0.717) is 12.2 Å². The standard InChI is InChI=1S/C26H28F3N5O2/c1-6-14(2)34-13-26(4,5)36-24-19(28)9-16(10-22(24)34)23-20(29)12-30-25(33-23)32-17-7-8-21(18(27)11-17)31-15(3)35/h7-12,14H,6,13H2,1-5H3,(H,31,35)(H,30,32,33). The number of benzene rings is 2. The van der Waals surface area contributed by atoms with Crippen LogP contribution in [0.1, 0.15) is 41.0 Å². The Morgan fingerprint density at radius 2 is 1.92 bits per heavy atom. The molecule has 3 aromatic rings.